The van der Waals surface area contributed by atoms with Crippen LogP contribution in [0.2, 0.25) is 0 Å². The van der Waals surface area contributed by atoms with Crippen molar-refractivity contribution < 1.29 is 4.74 Å². The van der Waals surface area contributed by atoms with E-state index in [0.29, 0.717) is 5.92 Å². The number of ether oxygens (including phenoxy) is 1. The van der Waals surface area contributed by atoms with Crippen molar-refractivity contribution in [2.24, 2.45) is 5.73 Å². The van der Waals surface area contributed by atoms with Crippen LogP contribution in [0.25, 0.3) is 0 Å². The molecule has 1 fully saturated rings. The minimum Gasteiger partial charge on any atom is -0.375 e. The quantitative estimate of drug-likeness (QED) is 0.914. The average Bonchev–Trinajstić information content (AvgIpc) is 2.79. The Morgan fingerprint density at radius 2 is 2.28 bits per heavy atom. The summed E-state index contributed by atoms with van der Waals surface area (Å²) < 4.78 is 5.88. The highest BCUT2D eigenvalue weighted by Crippen LogP contribution is 2.40. The van der Waals surface area contributed by atoms with Crippen molar-refractivity contribution in [3.63, 3.8) is 0 Å². The van der Waals surface area contributed by atoms with Crippen molar-refractivity contribution in [1.82, 2.24) is 4.98 Å². The second-order valence-corrected chi connectivity index (χ2v) is 6.83. The lowest BCUT2D eigenvalue weighted by molar-refractivity contribution is -0.0955. The molecule has 2 unspecified atom stereocenters. The maximum atomic E-state index is 6.61. The Kier molecular flexibility index (Phi) is 3.81. The predicted octanol–water partition coefficient (Wildman–Crippen LogP) is 3.40. The third kappa shape index (κ3) is 2.60. The fraction of sp³-hybridized carbons (Fsp3) is 0.786. The molecule has 1 aromatic rings. The van der Waals surface area contributed by atoms with Gasteiger partial charge in [-0.3, -0.25) is 0 Å². The number of aromatic nitrogens is 1. The third-order valence-electron chi connectivity index (χ3n) is 3.98. The topological polar surface area (TPSA) is 48.1 Å². The van der Waals surface area contributed by atoms with Gasteiger partial charge in [0.05, 0.1) is 16.8 Å². The van der Waals surface area contributed by atoms with Gasteiger partial charge in [-0.15, -0.1) is 11.3 Å². The lowest BCUT2D eigenvalue weighted by atomic mass is 9.80. The molecule has 0 radical (unpaired) electrons. The lowest BCUT2D eigenvalue weighted by Crippen LogP contribution is -2.50. The number of thiazole rings is 1. The van der Waals surface area contributed by atoms with E-state index in [1.807, 2.05) is 0 Å². The van der Waals surface area contributed by atoms with Crippen LogP contribution in [0.5, 0.6) is 0 Å². The van der Waals surface area contributed by atoms with Gasteiger partial charge in [0.25, 0.3) is 0 Å². The summed E-state index contributed by atoms with van der Waals surface area (Å²) in [6.45, 7) is 9.39. The van der Waals surface area contributed by atoms with Crippen LogP contribution < -0.4 is 5.73 Å². The second kappa shape index (κ2) is 4.91. The number of hydrogen-bond acceptors (Lipinski definition) is 4. The normalized spacial score (nSPS) is 33.0. The number of nitrogens with zero attached hydrogens (tertiary/aromatic N) is 1. The van der Waals surface area contributed by atoms with E-state index in [4.69, 9.17) is 15.5 Å². The van der Waals surface area contributed by atoms with Crippen LogP contribution in [0.15, 0.2) is 5.38 Å². The van der Waals surface area contributed by atoms with Gasteiger partial charge in [0, 0.05) is 18.4 Å². The Labute approximate surface area is 114 Å². The maximum Gasteiger partial charge on any atom is 0.113 e. The van der Waals surface area contributed by atoms with E-state index in [0.717, 1.165) is 36.6 Å². The molecule has 0 aliphatic carbocycles. The Balaban J connectivity index is 2.24. The molecule has 0 aromatic carbocycles. The largest absolute Gasteiger partial charge is 0.375 e. The first-order chi connectivity index (χ1) is 8.38. The molecule has 102 valence electrons. The van der Waals surface area contributed by atoms with E-state index in [1.54, 1.807) is 11.3 Å². The van der Waals surface area contributed by atoms with Crippen molar-refractivity contribution in [2.75, 3.05) is 6.61 Å². The highest BCUT2D eigenvalue weighted by Gasteiger charge is 2.42. The second-order valence-electron chi connectivity index (χ2n) is 5.97. The predicted molar refractivity (Wildman–Crippen MR) is 76.0 cm³/mol. The number of hydrogen-bond donors (Lipinski definition) is 1. The Bertz CT molecular complexity index is 418. The third-order valence-corrected chi connectivity index (χ3v) is 5.06. The monoisotopic (exact) mass is 268 g/mol. The average molecular weight is 268 g/mol. The van der Waals surface area contributed by atoms with E-state index < -0.39 is 0 Å². The van der Waals surface area contributed by atoms with Crippen LogP contribution in [0.4, 0.5) is 0 Å². The van der Waals surface area contributed by atoms with E-state index in [9.17, 15) is 0 Å². The molecule has 0 amide bonds. The van der Waals surface area contributed by atoms with E-state index >= 15 is 0 Å². The minimum absolute atomic E-state index is 0.101. The molecule has 0 spiro atoms. The van der Waals surface area contributed by atoms with Gasteiger partial charge < -0.3 is 10.5 Å². The minimum atomic E-state index is -0.305. The molecule has 1 saturated heterocycles. The van der Waals surface area contributed by atoms with E-state index in [1.165, 1.54) is 0 Å². The smallest absolute Gasteiger partial charge is 0.113 e. The first-order valence-corrected chi connectivity index (χ1v) is 7.65. The van der Waals surface area contributed by atoms with Gasteiger partial charge in [-0.2, -0.15) is 0 Å². The van der Waals surface area contributed by atoms with Crippen LogP contribution in [-0.2, 0) is 10.3 Å². The van der Waals surface area contributed by atoms with E-state index in [-0.39, 0.29) is 11.1 Å². The molecule has 2 N–H and O–H groups in total. The molecule has 0 bridgehead atoms. The zero-order chi connectivity index (χ0) is 13.4. The highest BCUT2D eigenvalue weighted by atomic mass is 32.1. The Morgan fingerprint density at radius 3 is 2.83 bits per heavy atom. The number of nitrogens with two attached hydrogens (primary N) is 1. The molecule has 1 aromatic heterocycles. The first-order valence-electron chi connectivity index (χ1n) is 6.77. The Morgan fingerprint density at radius 1 is 1.56 bits per heavy atom. The van der Waals surface area contributed by atoms with Crippen molar-refractivity contribution in [3.8, 4) is 0 Å². The van der Waals surface area contributed by atoms with Crippen LogP contribution in [-0.4, -0.2) is 17.2 Å². The molecule has 0 saturated carbocycles. The zero-order valence-corrected chi connectivity index (χ0v) is 12.6. The van der Waals surface area contributed by atoms with Gasteiger partial charge in [0.15, 0.2) is 0 Å². The summed E-state index contributed by atoms with van der Waals surface area (Å²) in [4.78, 5) is 4.74. The summed E-state index contributed by atoms with van der Waals surface area (Å²) in [6.07, 6.45) is 2.73. The molecular weight excluding hydrogens is 244 g/mol. The summed E-state index contributed by atoms with van der Waals surface area (Å²) in [6, 6.07) is 0. The summed E-state index contributed by atoms with van der Waals surface area (Å²) in [5, 5.41) is 3.22. The fourth-order valence-electron chi connectivity index (χ4n) is 2.48. The van der Waals surface area contributed by atoms with Crippen molar-refractivity contribution in [3.05, 3.63) is 16.1 Å². The molecule has 2 rings (SSSR count). The summed E-state index contributed by atoms with van der Waals surface area (Å²) in [5.74, 6) is 0.469. The molecule has 1 aliphatic heterocycles. The van der Waals surface area contributed by atoms with Gasteiger partial charge >= 0.3 is 0 Å². The van der Waals surface area contributed by atoms with E-state index in [2.05, 4.69) is 33.1 Å². The van der Waals surface area contributed by atoms with Crippen LogP contribution in [0.3, 0.4) is 0 Å². The molecular formula is C14H24N2OS. The van der Waals surface area contributed by atoms with Gasteiger partial charge in [-0.05, 0) is 25.7 Å². The fourth-order valence-corrected chi connectivity index (χ4v) is 3.60. The van der Waals surface area contributed by atoms with Gasteiger partial charge in [-0.25, -0.2) is 4.98 Å². The molecule has 1 aliphatic rings. The van der Waals surface area contributed by atoms with Crippen molar-refractivity contribution in [2.45, 2.75) is 64.0 Å². The van der Waals surface area contributed by atoms with Gasteiger partial charge in [0.1, 0.15) is 5.01 Å². The standard InChI is InChI=1S/C14H24N2OS/c1-5-13(4)9-14(15,6-7-17-13)12-16-11(8-18-12)10(2)3/h8,10H,5-7,9,15H2,1-4H3. The zero-order valence-electron chi connectivity index (χ0n) is 11.8. The molecule has 18 heavy (non-hydrogen) atoms. The van der Waals surface area contributed by atoms with Crippen molar-refractivity contribution in [1.29, 1.82) is 0 Å². The van der Waals surface area contributed by atoms with Crippen LogP contribution in [0.1, 0.15) is 63.6 Å². The van der Waals surface area contributed by atoms with Gasteiger partial charge in [0.2, 0.25) is 0 Å². The molecule has 2 atom stereocenters. The number of rotatable bonds is 3. The molecule has 2 heterocycles. The highest BCUT2D eigenvalue weighted by molar-refractivity contribution is 7.09. The van der Waals surface area contributed by atoms with Gasteiger partial charge in [-0.1, -0.05) is 20.8 Å². The maximum absolute atomic E-state index is 6.61. The summed E-state index contributed by atoms with van der Waals surface area (Å²) in [7, 11) is 0. The van der Waals surface area contributed by atoms with Crippen molar-refractivity contribution >= 4 is 11.3 Å². The molecule has 4 heteroatoms. The summed E-state index contributed by atoms with van der Waals surface area (Å²) >= 11 is 1.70. The summed E-state index contributed by atoms with van der Waals surface area (Å²) in [5.41, 5.74) is 7.36. The molecule has 3 nitrogen and oxygen atoms in total. The first kappa shape index (κ1) is 14.0. The SMILES string of the molecule is CCC1(C)CC(N)(c2nc(C(C)C)cs2)CCO1. The van der Waals surface area contributed by atoms with Crippen LogP contribution in [0, 0.1) is 0 Å². The lowest BCUT2D eigenvalue weighted by Gasteiger charge is -2.43. The van der Waals surface area contributed by atoms with Crippen LogP contribution >= 0.6 is 11.3 Å². The Hall–Kier alpha value is -0.450.